The quantitative estimate of drug-likeness (QED) is 0.336. The first kappa shape index (κ1) is 29.7. The van der Waals surface area contributed by atoms with Crippen LogP contribution in [0, 0.1) is 5.82 Å². The van der Waals surface area contributed by atoms with Crippen molar-refractivity contribution >= 4 is 44.8 Å². The molecule has 0 heterocycles. The molecular formula is C27H29ClFN3O6S. The summed E-state index contributed by atoms with van der Waals surface area (Å²) < 4.78 is 52.6. The van der Waals surface area contributed by atoms with E-state index in [-0.39, 0.29) is 44.6 Å². The molecule has 0 aliphatic carbocycles. The number of carbonyl (C=O) groups is 2. The predicted molar refractivity (Wildman–Crippen MR) is 148 cm³/mol. The van der Waals surface area contributed by atoms with Crippen LogP contribution in [0.4, 0.5) is 15.8 Å². The number of nitrogens with one attached hydrogen (secondary N) is 2. The van der Waals surface area contributed by atoms with E-state index in [1.54, 1.807) is 18.2 Å². The Hall–Kier alpha value is -3.83. The number of amides is 2. The van der Waals surface area contributed by atoms with Gasteiger partial charge in [0.25, 0.3) is 15.9 Å². The summed E-state index contributed by atoms with van der Waals surface area (Å²) in [5, 5.41) is 5.12. The van der Waals surface area contributed by atoms with Crippen LogP contribution in [0.2, 0.25) is 5.02 Å². The van der Waals surface area contributed by atoms with E-state index in [0.717, 1.165) is 16.4 Å². The molecular weight excluding hydrogens is 549 g/mol. The Balaban J connectivity index is 1.99. The van der Waals surface area contributed by atoms with Crippen molar-refractivity contribution in [3.8, 4) is 11.5 Å². The second-order valence-electron chi connectivity index (χ2n) is 8.50. The van der Waals surface area contributed by atoms with Crippen LogP contribution >= 0.6 is 11.6 Å². The zero-order valence-corrected chi connectivity index (χ0v) is 23.4. The number of benzene rings is 3. The lowest BCUT2D eigenvalue weighted by Gasteiger charge is -2.25. The van der Waals surface area contributed by atoms with Gasteiger partial charge in [0, 0.05) is 12.1 Å². The third kappa shape index (κ3) is 6.98. The molecule has 0 saturated heterocycles. The molecule has 1 unspecified atom stereocenters. The average molecular weight is 578 g/mol. The van der Waals surface area contributed by atoms with Crippen molar-refractivity contribution in [3.63, 3.8) is 0 Å². The van der Waals surface area contributed by atoms with Crippen LogP contribution in [0.5, 0.6) is 11.5 Å². The molecule has 0 aliphatic heterocycles. The van der Waals surface area contributed by atoms with E-state index in [0.29, 0.717) is 12.2 Å². The van der Waals surface area contributed by atoms with Gasteiger partial charge in [0.05, 0.1) is 41.1 Å². The Kier molecular flexibility index (Phi) is 9.76. The third-order valence-corrected chi connectivity index (χ3v) is 7.92. The third-order valence-electron chi connectivity index (χ3n) is 5.86. The molecule has 39 heavy (non-hydrogen) atoms. The van der Waals surface area contributed by atoms with Crippen molar-refractivity contribution in [1.82, 2.24) is 5.32 Å². The van der Waals surface area contributed by atoms with E-state index in [4.69, 9.17) is 21.1 Å². The van der Waals surface area contributed by atoms with E-state index in [9.17, 15) is 22.4 Å². The van der Waals surface area contributed by atoms with E-state index >= 15 is 0 Å². The van der Waals surface area contributed by atoms with E-state index in [2.05, 4.69) is 10.6 Å². The maximum atomic E-state index is 13.9. The summed E-state index contributed by atoms with van der Waals surface area (Å²) in [6, 6.07) is 13.5. The molecule has 2 amide bonds. The number of carbonyl (C=O) groups excluding carboxylic acids is 2. The SMILES string of the molecule is CCC(C)NC(=O)c1ccccc1NC(=O)CN(c1ccc(F)c(Cl)c1)S(=O)(=O)c1ccc(OC)c(OC)c1. The zero-order valence-electron chi connectivity index (χ0n) is 21.8. The Morgan fingerprint density at radius 3 is 2.36 bits per heavy atom. The maximum Gasteiger partial charge on any atom is 0.264 e. The Bertz CT molecular complexity index is 1470. The normalized spacial score (nSPS) is 11.8. The first-order chi connectivity index (χ1) is 18.5. The highest BCUT2D eigenvalue weighted by atomic mass is 35.5. The summed E-state index contributed by atoms with van der Waals surface area (Å²) in [6.07, 6.45) is 0.712. The summed E-state index contributed by atoms with van der Waals surface area (Å²) in [7, 11) is -1.64. The molecule has 12 heteroatoms. The van der Waals surface area contributed by atoms with Gasteiger partial charge in [0.15, 0.2) is 11.5 Å². The lowest BCUT2D eigenvalue weighted by molar-refractivity contribution is -0.114. The molecule has 3 rings (SSSR count). The fourth-order valence-electron chi connectivity index (χ4n) is 3.57. The summed E-state index contributed by atoms with van der Waals surface area (Å²) in [6.45, 7) is 3.07. The topological polar surface area (TPSA) is 114 Å². The van der Waals surface area contributed by atoms with Gasteiger partial charge in [0.2, 0.25) is 5.91 Å². The fraction of sp³-hybridized carbons (Fsp3) is 0.259. The van der Waals surface area contributed by atoms with Crippen LogP contribution in [0.15, 0.2) is 65.6 Å². The number of para-hydroxylation sites is 1. The van der Waals surface area contributed by atoms with Gasteiger partial charge in [-0.1, -0.05) is 30.7 Å². The van der Waals surface area contributed by atoms with Gasteiger partial charge in [-0.2, -0.15) is 0 Å². The highest BCUT2D eigenvalue weighted by molar-refractivity contribution is 7.92. The number of halogens is 2. The second-order valence-corrected chi connectivity index (χ2v) is 10.8. The molecule has 2 N–H and O–H groups in total. The van der Waals surface area contributed by atoms with Crippen molar-refractivity contribution < 1.29 is 31.9 Å². The van der Waals surface area contributed by atoms with E-state index in [1.165, 1.54) is 44.6 Å². The van der Waals surface area contributed by atoms with Gasteiger partial charge >= 0.3 is 0 Å². The molecule has 0 saturated carbocycles. The standard InChI is InChI=1S/C27H29ClFN3O6S/c1-5-17(2)30-27(34)20-8-6-7-9-23(20)31-26(33)16-32(18-10-12-22(29)21(28)14-18)39(35,36)19-11-13-24(37-3)25(15-19)38-4/h6-15,17H,5,16H2,1-4H3,(H,30,34)(H,31,33). The van der Waals surface area contributed by atoms with Crippen LogP contribution in [0.1, 0.15) is 30.6 Å². The number of hydrogen-bond acceptors (Lipinski definition) is 6. The van der Waals surface area contributed by atoms with Crippen LogP contribution in [0.3, 0.4) is 0 Å². The molecule has 208 valence electrons. The van der Waals surface area contributed by atoms with Gasteiger partial charge in [-0.15, -0.1) is 0 Å². The molecule has 1 atom stereocenters. The Labute approximate surface area is 231 Å². The lowest BCUT2D eigenvalue weighted by atomic mass is 10.1. The zero-order chi connectivity index (χ0) is 28.7. The monoisotopic (exact) mass is 577 g/mol. The smallest absolute Gasteiger partial charge is 0.264 e. The highest BCUT2D eigenvalue weighted by Gasteiger charge is 2.29. The highest BCUT2D eigenvalue weighted by Crippen LogP contribution is 2.33. The van der Waals surface area contributed by atoms with Crippen LogP contribution in [-0.2, 0) is 14.8 Å². The van der Waals surface area contributed by atoms with Gasteiger partial charge < -0.3 is 20.1 Å². The average Bonchev–Trinajstić information content (AvgIpc) is 2.92. The molecule has 0 radical (unpaired) electrons. The van der Waals surface area contributed by atoms with Gasteiger partial charge in [-0.3, -0.25) is 13.9 Å². The molecule has 3 aromatic rings. The van der Waals surface area contributed by atoms with Crippen LogP contribution < -0.4 is 24.4 Å². The molecule has 0 aromatic heterocycles. The minimum absolute atomic E-state index is 0.0471. The number of rotatable bonds is 11. The number of sulfonamides is 1. The van der Waals surface area contributed by atoms with Crippen molar-refractivity contribution in [2.45, 2.75) is 31.2 Å². The maximum absolute atomic E-state index is 13.9. The Morgan fingerprint density at radius 1 is 1.03 bits per heavy atom. The lowest BCUT2D eigenvalue weighted by Crippen LogP contribution is -2.38. The van der Waals surface area contributed by atoms with Gasteiger partial charge in [-0.25, -0.2) is 12.8 Å². The first-order valence-electron chi connectivity index (χ1n) is 11.9. The number of anilines is 2. The molecule has 0 aliphatic rings. The first-order valence-corrected chi connectivity index (χ1v) is 13.7. The number of hydrogen-bond donors (Lipinski definition) is 2. The molecule has 0 fully saturated rings. The number of nitrogens with zero attached hydrogens (tertiary/aromatic N) is 1. The van der Waals surface area contributed by atoms with E-state index in [1.807, 2.05) is 13.8 Å². The minimum atomic E-state index is -4.40. The van der Waals surface area contributed by atoms with Gasteiger partial charge in [-0.05, 0) is 55.8 Å². The number of methoxy groups -OCH3 is 2. The van der Waals surface area contributed by atoms with Gasteiger partial charge in [0.1, 0.15) is 12.4 Å². The predicted octanol–water partition coefficient (Wildman–Crippen LogP) is 4.86. The Morgan fingerprint density at radius 2 is 1.72 bits per heavy atom. The van der Waals surface area contributed by atoms with Crippen molar-refractivity contribution in [2.75, 3.05) is 30.4 Å². The number of ether oxygens (including phenoxy) is 2. The van der Waals surface area contributed by atoms with Crippen LogP contribution in [-0.4, -0.2) is 47.0 Å². The molecule has 9 nitrogen and oxygen atoms in total. The summed E-state index contributed by atoms with van der Waals surface area (Å²) in [4.78, 5) is 25.7. The summed E-state index contributed by atoms with van der Waals surface area (Å²) in [5.74, 6) is -1.43. The van der Waals surface area contributed by atoms with Crippen molar-refractivity contribution in [2.24, 2.45) is 0 Å². The minimum Gasteiger partial charge on any atom is -0.493 e. The molecule has 0 bridgehead atoms. The summed E-state index contributed by atoms with van der Waals surface area (Å²) in [5.41, 5.74) is 0.364. The second kappa shape index (κ2) is 12.8. The van der Waals surface area contributed by atoms with E-state index < -0.39 is 28.3 Å². The van der Waals surface area contributed by atoms with Crippen LogP contribution in [0.25, 0.3) is 0 Å². The molecule has 3 aromatic carbocycles. The summed E-state index contributed by atoms with van der Waals surface area (Å²) >= 11 is 5.94. The van der Waals surface area contributed by atoms with Crippen molar-refractivity contribution in [3.05, 3.63) is 77.1 Å². The largest absolute Gasteiger partial charge is 0.493 e. The van der Waals surface area contributed by atoms with Crippen molar-refractivity contribution in [1.29, 1.82) is 0 Å². The fourth-order valence-corrected chi connectivity index (χ4v) is 5.18. The molecule has 0 spiro atoms.